The Hall–Kier alpha value is -2.04. The summed E-state index contributed by atoms with van der Waals surface area (Å²) in [6, 6.07) is 9.57. The van der Waals surface area contributed by atoms with Crippen LogP contribution in [0, 0.1) is 17.8 Å². The maximum atomic E-state index is 11.7. The van der Waals surface area contributed by atoms with Crippen molar-refractivity contribution >= 4 is 12.1 Å². The molecule has 126 valence electrons. The van der Waals surface area contributed by atoms with E-state index in [9.17, 15) is 9.59 Å². The molecular formula is C18H25NO4. The molecule has 1 aromatic carbocycles. The Bertz CT molecular complexity index is 509. The zero-order chi connectivity index (χ0) is 16.7. The molecule has 0 radical (unpaired) electrons. The Morgan fingerprint density at radius 3 is 2.48 bits per heavy atom. The Balaban J connectivity index is 1.65. The third-order valence-corrected chi connectivity index (χ3v) is 4.71. The molecule has 23 heavy (non-hydrogen) atoms. The fraction of sp³-hybridized carbons (Fsp3) is 0.556. The molecule has 1 aliphatic carbocycles. The number of aliphatic carboxylic acids is 1. The van der Waals surface area contributed by atoms with E-state index in [1.807, 2.05) is 30.3 Å². The summed E-state index contributed by atoms with van der Waals surface area (Å²) in [5.41, 5.74) is 0.961. The highest BCUT2D eigenvalue weighted by molar-refractivity contribution is 5.70. The van der Waals surface area contributed by atoms with Crippen molar-refractivity contribution in [3.63, 3.8) is 0 Å². The lowest BCUT2D eigenvalue weighted by atomic mass is 9.76. The van der Waals surface area contributed by atoms with Gasteiger partial charge in [0.05, 0.1) is 5.92 Å². The van der Waals surface area contributed by atoms with Gasteiger partial charge in [-0.1, -0.05) is 37.3 Å². The van der Waals surface area contributed by atoms with Crippen molar-refractivity contribution in [1.29, 1.82) is 0 Å². The summed E-state index contributed by atoms with van der Waals surface area (Å²) < 4.78 is 5.19. The van der Waals surface area contributed by atoms with E-state index in [-0.39, 0.29) is 12.5 Å². The summed E-state index contributed by atoms with van der Waals surface area (Å²) in [5.74, 6) is -0.0741. The largest absolute Gasteiger partial charge is 0.481 e. The van der Waals surface area contributed by atoms with Crippen LogP contribution in [0.25, 0.3) is 0 Å². The molecule has 2 N–H and O–H groups in total. The van der Waals surface area contributed by atoms with E-state index < -0.39 is 12.1 Å². The van der Waals surface area contributed by atoms with Crippen LogP contribution in [0.2, 0.25) is 0 Å². The molecule has 1 aliphatic rings. The zero-order valence-electron chi connectivity index (χ0n) is 13.5. The summed E-state index contributed by atoms with van der Waals surface area (Å²) in [6.45, 7) is 2.93. The summed E-state index contributed by atoms with van der Waals surface area (Å²) in [6.07, 6.45) is 2.91. The van der Waals surface area contributed by atoms with Gasteiger partial charge in [-0.2, -0.15) is 0 Å². The van der Waals surface area contributed by atoms with Crippen molar-refractivity contribution in [3.05, 3.63) is 35.9 Å². The van der Waals surface area contributed by atoms with Gasteiger partial charge in [0.2, 0.25) is 0 Å². The van der Waals surface area contributed by atoms with Crippen LogP contribution in [0.15, 0.2) is 30.3 Å². The third-order valence-electron chi connectivity index (χ3n) is 4.71. The van der Waals surface area contributed by atoms with Crippen LogP contribution in [0.3, 0.4) is 0 Å². The average molecular weight is 319 g/mol. The first-order valence-corrected chi connectivity index (χ1v) is 8.23. The van der Waals surface area contributed by atoms with Gasteiger partial charge in [0.25, 0.3) is 0 Å². The monoisotopic (exact) mass is 319 g/mol. The number of alkyl carbamates (subject to hydrolysis) is 1. The number of benzene rings is 1. The predicted molar refractivity (Wildman–Crippen MR) is 86.9 cm³/mol. The molecule has 5 nitrogen and oxygen atoms in total. The molecule has 0 bridgehead atoms. The van der Waals surface area contributed by atoms with Crippen molar-refractivity contribution < 1.29 is 19.4 Å². The molecule has 0 heterocycles. The maximum absolute atomic E-state index is 11.7. The highest BCUT2D eigenvalue weighted by atomic mass is 16.5. The molecular weight excluding hydrogens is 294 g/mol. The van der Waals surface area contributed by atoms with Gasteiger partial charge in [-0.25, -0.2) is 4.79 Å². The first-order chi connectivity index (χ1) is 11.1. The maximum Gasteiger partial charge on any atom is 0.407 e. The molecule has 0 spiro atoms. The van der Waals surface area contributed by atoms with Crippen LogP contribution in [0.1, 0.15) is 38.2 Å². The molecule has 1 aromatic rings. The lowest BCUT2D eigenvalue weighted by molar-refractivity contribution is -0.143. The third kappa shape index (κ3) is 5.58. The van der Waals surface area contributed by atoms with Crippen LogP contribution in [-0.4, -0.2) is 23.7 Å². The van der Waals surface area contributed by atoms with E-state index in [4.69, 9.17) is 9.84 Å². The Morgan fingerprint density at radius 1 is 1.22 bits per heavy atom. The first-order valence-electron chi connectivity index (χ1n) is 8.23. The fourth-order valence-electron chi connectivity index (χ4n) is 3.12. The molecule has 2 rings (SSSR count). The number of hydrogen-bond donors (Lipinski definition) is 2. The number of carboxylic acids is 1. The van der Waals surface area contributed by atoms with Gasteiger partial charge in [-0.05, 0) is 43.1 Å². The smallest absolute Gasteiger partial charge is 0.407 e. The quantitative estimate of drug-likeness (QED) is 0.842. The second-order valence-corrected chi connectivity index (χ2v) is 6.37. The number of carbonyl (C=O) groups is 2. The highest BCUT2D eigenvalue weighted by Crippen LogP contribution is 2.33. The van der Waals surface area contributed by atoms with Crippen molar-refractivity contribution in [1.82, 2.24) is 5.32 Å². The van der Waals surface area contributed by atoms with E-state index >= 15 is 0 Å². The molecule has 1 saturated carbocycles. The minimum atomic E-state index is -0.682. The van der Waals surface area contributed by atoms with Crippen LogP contribution >= 0.6 is 0 Å². The van der Waals surface area contributed by atoms with E-state index in [1.165, 1.54) is 0 Å². The van der Waals surface area contributed by atoms with Gasteiger partial charge in [0.15, 0.2) is 0 Å². The number of carboxylic acid groups (broad SMARTS) is 1. The Kier molecular flexibility index (Phi) is 6.44. The Morgan fingerprint density at radius 2 is 1.87 bits per heavy atom. The van der Waals surface area contributed by atoms with Crippen LogP contribution in [0.5, 0.6) is 0 Å². The minimum Gasteiger partial charge on any atom is -0.481 e. The normalized spacial score (nSPS) is 22.1. The van der Waals surface area contributed by atoms with Crippen molar-refractivity contribution in [2.24, 2.45) is 17.8 Å². The van der Waals surface area contributed by atoms with Gasteiger partial charge in [-0.15, -0.1) is 0 Å². The van der Waals surface area contributed by atoms with Crippen LogP contribution < -0.4 is 5.32 Å². The van der Waals surface area contributed by atoms with Gasteiger partial charge >= 0.3 is 12.1 Å². The molecule has 0 aliphatic heterocycles. The van der Waals surface area contributed by atoms with Crippen LogP contribution in [0.4, 0.5) is 4.79 Å². The molecule has 1 unspecified atom stereocenters. The van der Waals surface area contributed by atoms with E-state index in [2.05, 4.69) is 12.2 Å². The molecule has 0 saturated heterocycles. The van der Waals surface area contributed by atoms with E-state index in [0.717, 1.165) is 31.2 Å². The average Bonchev–Trinajstić information content (AvgIpc) is 2.58. The number of rotatable bonds is 6. The topological polar surface area (TPSA) is 75.6 Å². The van der Waals surface area contributed by atoms with Gasteiger partial charge < -0.3 is 15.2 Å². The minimum absolute atomic E-state index is 0.192. The first kappa shape index (κ1) is 17.3. The highest BCUT2D eigenvalue weighted by Gasteiger charge is 2.28. The number of carbonyl (C=O) groups excluding carboxylic acids is 1. The Labute approximate surface area is 137 Å². The van der Waals surface area contributed by atoms with Gasteiger partial charge in [0.1, 0.15) is 6.61 Å². The van der Waals surface area contributed by atoms with Gasteiger partial charge in [-0.3, -0.25) is 4.79 Å². The summed E-state index contributed by atoms with van der Waals surface area (Å²) in [7, 11) is 0. The second-order valence-electron chi connectivity index (χ2n) is 6.37. The molecule has 1 fully saturated rings. The number of amides is 1. The summed E-state index contributed by atoms with van der Waals surface area (Å²) in [4.78, 5) is 22.7. The van der Waals surface area contributed by atoms with Gasteiger partial charge in [0, 0.05) is 6.54 Å². The number of hydrogen-bond acceptors (Lipinski definition) is 3. The van der Waals surface area contributed by atoms with Crippen LogP contribution in [-0.2, 0) is 16.1 Å². The molecule has 0 aromatic heterocycles. The van der Waals surface area contributed by atoms with E-state index in [0.29, 0.717) is 18.4 Å². The fourth-order valence-corrected chi connectivity index (χ4v) is 3.12. The van der Waals surface area contributed by atoms with Crippen molar-refractivity contribution in [2.75, 3.05) is 6.54 Å². The molecule has 5 heteroatoms. The molecule has 1 amide bonds. The lowest BCUT2D eigenvalue weighted by Gasteiger charge is -2.30. The van der Waals surface area contributed by atoms with E-state index in [1.54, 1.807) is 0 Å². The standard InChI is InChI=1S/C18H25NO4/c1-13(15-7-9-16(10-8-15)17(20)21)11-19-18(22)23-12-14-5-3-2-4-6-14/h2-6,13,15-16H,7-12H2,1H3,(H,19,22)(H,20,21). The lowest BCUT2D eigenvalue weighted by Crippen LogP contribution is -2.33. The second kappa shape index (κ2) is 8.56. The summed E-state index contributed by atoms with van der Waals surface area (Å²) in [5, 5.41) is 11.8. The summed E-state index contributed by atoms with van der Waals surface area (Å²) >= 11 is 0. The zero-order valence-corrected chi connectivity index (χ0v) is 13.5. The van der Waals surface area contributed by atoms with Crippen molar-refractivity contribution in [2.45, 2.75) is 39.2 Å². The molecule has 1 atom stereocenters. The number of nitrogens with one attached hydrogen (secondary N) is 1. The number of ether oxygens (including phenoxy) is 1. The van der Waals surface area contributed by atoms with Crippen molar-refractivity contribution in [3.8, 4) is 0 Å². The SMILES string of the molecule is CC(CNC(=O)OCc1ccccc1)C1CCC(C(=O)O)CC1. The predicted octanol–water partition coefficient (Wildman–Crippen LogP) is 3.44.